The third-order valence-corrected chi connectivity index (χ3v) is 3.73. The Morgan fingerprint density at radius 1 is 1.29 bits per heavy atom. The minimum atomic E-state index is -0.0177. The SMILES string of the molecule is O=C(Cc1cccs1)NCc1cn(-c2ccncc2)nn1. The van der Waals surface area contributed by atoms with Gasteiger partial charge in [-0.25, -0.2) is 4.68 Å². The van der Waals surface area contributed by atoms with Gasteiger partial charge in [0.25, 0.3) is 0 Å². The zero-order valence-electron chi connectivity index (χ0n) is 11.1. The summed E-state index contributed by atoms with van der Waals surface area (Å²) in [7, 11) is 0. The quantitative estimate of drug-likeness (QED) is 0.776. The second-order valence-electron chi connectivity index (χ2n) is 4.39. The number of rotatable bonds is 5. The van der Waals surface area contributed by atoms with Crippen molar-refractivity contribution in [2.24, 2.45) is 0 Å². The highest BCUT2D eigenvalue weighted by molar-refractivity contribution is 7.10. The van der Waals surface area contributed by atoms with Crippen LogP contribution in [0.2, 0.25) is 0 Å². The van der Waals surface area contributed by atoms with Crippen LogP contribution in [0.15, 0.2) is 48.2 Å². The third kappa shape index (κ3) is 3.51. The Morgan fingerprint density at radius 2 is 2.14 bits per heavy atom. The smallest absolute Gasteiger partial charge is 0.225 e. The largest absolute Gasteiger partial charge is 0.350 e. The molecule has 0 aliphatic rings. The molecule has 1 N–H and O–H groups in total. The van der Waals surface area contributed by atoms with E-state index >= 15 is 0 Å². The molecule has 0 radical (unpaired) electrons. The van der Waals surface area contributed by atoms with E-state index in [1.54, 1.807) is 34.6 Å². The van der Waals surface area contributed by atoms with Crippen LogP contribution in [0.4, 0.5) is 0 Å². The lowest BCUT2D eigenvalue weighted by atomic mass is 10.3. The summed E-state index contributed by atoms with van der Waals surface area (Å²) in [5, 5.41) is 12.9. The molecule has 0 aliphatic carbocycles. The van der Waals surface area contributed by atoms with E-state index in [0.717, 1.165) is 10.6 Å². The molecule has 6 nitrogen and oxygen atoms in total. The third-order valence-electron chi connectivity index (χ3n) is 2.85. The van der Waals surface area contributed by atoms with E-state index in [-0.39, 0.29) is 5.91 Å². The van der Waals surface area contributed by atoms with Crippen LogP contribution in [0.1, 0.15) is 10.6 Å². The number of carbonyl (C=O) groups is 1. The monoisotopic (exact) mass is 299 g/mol. The van der Waals surface area contributed by atoms with E-state index in [1.165, 1.54) is 0 Å². The predicted molar refractivity (Wildman–Crippen MR) is 79.0 cm³/mol. The Labute approximate surface area is 125 Å². The number of nitrogens with one attached hydrogen (secondary N) is 1. The molecule has 7 heteroatoms. The van der Waals surface area contributed by atoms with Crippen LogP contribution in [0.3, 0.4) is 0 Å². The molecule has 0 unspecified atom stereocenters. The number of pyridine rings is 1. The topological polar surface area (TPSA) is 72.7 Å². The molecule has 0 saturated carbocycles. The highest BCUT2D eigenvalue weighted by Crippen LogP contribution is 2.09. The fourth-order valence-electron chi connectivity index (χ4n) is 1.83. The van der Waals surface area contributed by atoms with Crippen LogP contribution in [0, 0.1) is 0 Å². The molecule has 0 atom stereocenters. The highest BCUT2D eigenvalue weighted by atomic mass is 32.1. The van der Waals surface area contributed by atoms with Crippen molar-refractivity contribution < 1.29 is 4.79 Å². The maximum absolute atomic E-state index is 11.8. The average Bonchev–Trinajstić information content (AvgIpc) is 3.17. The van der Waals surface area contributed by atoms with Crippen LogP contribution in [-0.2, 0) is 17.8 Å². The Bertz CT molecular complexity index is 708. The van der Waals surface area contributed by atoms with Crippen LogP contribution < -0.4 is 5.32 Å². The highest BCUT2D eigenvalue weighted by Gasteiger charge is 2.06. The Kier molecular flexibility index (Phi) is 4.02. The lowest BCUT2D eigenvalue weighted by molar-refractivity contribution is -0.120. The summed E-state index contributed by atoms with van der Waals surface area (Å²) >= 11 is 1.58. The van der Waals surface area contributed by atoms with Crippen molar-refractivity contribution in [2.75, 3.05) is 0 Å². The summed E-state index contributed by atoms with van der Waals surface area (Å²) < 4.78 is 1.66. The number of hydrogen-bond acceptors (Lipinski definition) is 5. The normalized spacial score (nSPS) is 10.5. The Morgan fingerprint density at radius 3 is 2.90 bits per heavy atom. The zero-order chi connectivity index (χ0) is 14.5. The second kappa shape index (κ2) is 6.27. The summed E-state index contributed by atoms with van der Waals surface area (Å²) in [6.07, 6.45) is 5.58. The van der Waals surface area contributed by atoms with Crippen LogP contribution >= 0.6 is 11.3 Å². The molecule has 21 heavy (non-hydrogen) atoms. The van der Waals surface area contributed by atoms with E-state index < -0.39 is 0 Å². The summed E-state index contributed by atoms with van der Waals surface area (Å²) in [5.74, 6) is -0.0177. The lowest BCUT2D eigenvalue weighted by Crippen LogP contribution is -2.24. The van der Waals surface area contributed by atoms with Gasteiger partial charge < -0.3 is 5.32 Å². The van der Waals surface area contributed by atoms with Crippen LogP contribution in [-0.4, -0.2) is 25.9 Å². The summed E-state index contributed by atoms with van der Waals surface area (Å²) in [5.41, 5.74) is 1.60. The van der Waals surface area contributed by atoms with Gasteiger partial charge in [0, 0.05) is 17.3 Å². The van der Waals surface area contributed by atoms with E-state index in [1.807, 2.05) is 29.6 Å². The lowest BCUT2D eigenvalue weighted by Gasteiger charge is -2.01. The molecule has 0 aliphatic heterocycles. The first-order valence-electron chi connectivity index (χ1n) is 6.42. The number of hydrogen-bond donors (Lipinski definition) is 1. The molecule has 0 aromatic carbocycles. The first kappa shape index (κ1) is 13.4. The van der Waals surface area contributed by atoms with Gasteiger partial charge in [0.15, 0.2) is 0 Å². The van der Waals surface area contributed by atoms with Gasteiger partial charge in [0.1, 0.15) is 5.69 Å². The molecule has 0 bridgehead atoms. The van der Waals surface area contributed by atoms with Crippen LogP contribution in [0.5, 0.6) is 0 Å². The molecule has 3 aromatic heterocycles. The summed E-state index contributed by atoms with van der Waals surface area (Å²) in [4.78, 5) is 16.8. The van der Waals surface area contributed by atoms with Crippen molar-refractivity contribution in [3.05, 3.63) is 58.8 Å². The molecule has 3 heterocycles. The van der Waals surface area contributed by atoms with Gasteiger partial charge in [-0.1, -0.05) is 11.3 Å². The molecular formula is C14H13N5OS. The molecule has 0 fully saturated rings. The maximum atomic E-state index is 11.8. The Hall–Kier alpha value is -2.54. The van der Waals surface area contributed by atoms with Crippen LogP contribution in [0.25, 0.3) is 5.69 Å². The van der Waals surface area contributed by atoms with E-state index in [4.69, 9.17) is 0 Å². The standard InChI is InChI=1S/C14H13N5OS/c20-14(8-13-2-1-7-21-13)16-9-11-10-19(18-17-11)12-3-5-15-6-4-12/h1-7,10H,8-9H2,(H,16,20). The minimum absolute atomic E-state index is 0.0177. The van der Waals surface area contributed by atoms with Crippen molar-refractivity contribution in [2.45, 2.75) is 13.0 Å². The number of carbonyl (C=O) groups excluding carboxylic acids is 1. The molecule has 0 spiro atoms. The predicted octanol–water partition coefficient (Wildman–Crippen LogP) is 1.58. The van der Waals surface area contributed by atoms with Gasteiger partial charge in [0.05, 0.1) is 24.8 Å². The van der Waals surface area contributed by atoms with Crippen molar-refractivity contribution in [1.29, 1.82) is 0 Å². The van der Waals surface area contributed by atoms with Crippen molar-refractivity contribution in [3.63, 3.8) is 0 Å². The van der Waals surface area contributed by atoms with E-state index in [9.17, 15) is 4.79 Å². The summed E-state index contributed by atoms with van der Waals surface area (Å²) in [6.45, 7) is 0.370. The average molecular weight is 299 g/mol. The van der Waals surface area contributed by atoms with Crippen molar-refractivity contribution >= 4 is 17.2 Å². The minimum Gasteiger partial charge on any atom is -0.350 e. The maximum Gasteiger partial charge on any atom is 0.225 e. The summed E-state index contributed by atoms with van der Waals surface area (Å²) in [6, 6.07) is 7.57. The van der Waals surface area contributed by atoms with Gasteiger partial charge >= 0.3 is 0 Å². The molecule has 106 valence electrons. The number of nitrogens with zero attached hydrogens (tertiary/aromatic N) is 4. The van der Waals surface area contributed by atoms with Gasteiger partial charge in [-0.05, 0) is 23.6 Å². The number of amides is 1. The van der Waals surface area contributed by atoms with Crippen molar-refractivity contribution in [1.82, 2.24) is 25.3 Å². The molecule has 3 rings (SSSR count). The van der Waals surface area contributed by atoms with Gasteiger partial charge in [0.2, 0.25) is 5.91 Å². The zero-order valence-corrected chi connectivity index (χ0v) is 12.0. The van der Waals surface area contributed by atoms with E-state index in [2.05, 4.69) is 20.6 Å². The Balaban J connectivity index is 1.56. The van der Waals surface area contributed by atoms with Gasteiger partial charge in [-0.15, -0.1) is 16.4 Å². The molecule has 3 aromatic rings. The number of thiophene rings is 1. The van der Waals surface area contributed by atoms with Crippen molar-refractivity contribution in [3.8, 4) is 5.69 Å². The number of aromatic nitrogens is 4. The van der Waals surface area contributed by atoms with Gasteiger partial charge in [-0.2, -0.15) is 0 Å². The van der Waals surface area contributed by atoms with Gasteiger partial charge in [-0.3, -0.25) is 9.78 Å². The first-order valence-corrected chi connectivity index (χ1v) is 7.30. The molecule has 1 amide bonds. The second-order valence-corrected chi connectivity index (χ2v) is 5.42. The molecule has 0 saturated heterocycles. The first-order chi connectivity index (χ1) is 10.3. The molecular weight excluding hydrogens is 286 g/mol. The fraction of sp³-hybridized carbons (Fsp3) is 0.143. The van der Waals surface area contributed by atoms with E-state index in [0.29, 0.717) is 18.7 Å². The fourth-order valence-corrected chi connectivity index (χ4v) is 2.53.